The van der Waals surface area contributed by atoms with Crippen molar-refractivity contribution < 1.29 is 19.2 Å². The molecule has 0 spiro atoms. The SMILES string of the molecule is Cc1cccc(C)c1C1=CC(=O)NC1=O.O=C1C=CC(=O)N1. The molecule has 22 heavy (non-hydrogen) atoms. The summed E-state index contributed by atoms with van der Waals surface area (Å²) in [6, 6.07) is 5.79. The van der Waals surface area contributed by atoms with Gasteiger partial charge in [0.15, 0.2) is 0 Å². The molecule has 6 heteroatoms. The van der Waals surface area contributed by atoms with Crippen molar-refractivity contribution in [2.75, 3.05) is 0 Å². The maximum Gasteiger partial charge on any atom is 0.258 e. The molecule has 0 aromatic heterocycles. The number of hydrogen-bond acceptors (Lipinski definition) is 4. The second kappa shape index (κ2) is 6.17. The van der Waals surface area contributed by atoms with Crippen LogP contribution in [0.5, 0.6) is 0 Å². The lowest BCUT2D eigenvalue weighted by atomic mass is 9.96. The fraction of sp³-hybridized carbons (Fsp3) is 0.125. The van der Waals surface area contributed by atoms with E-state index in [1.807, 2.05) is 37.4 Å². The summed E-state index contributed by atoms with van der Waals surface area (Å²) in [5.74, 6) is -1.30. The summed E-state index contributed by atoms with van der Waals surface area (Å²) in [4.78, 5) is 42.6. The molecule has 2 aliphatic rings. The number of amides is 4. The summed E-state index contributed by atoms with van der Waals surface area (Å²) in [7, 11) is 0. The standard InChI is InChI=1S/C12H11NO2.C4H3NO2/c1-7-4-3-5-8(2)11(7)9-6-10(14)13-12(9)15;6-3-1-2-4(7)5-3/h3-6H,1-2H3,(H,13,14,15);1-2H,(H,5,6,7). The first-order chi connectivity index (χ1) is 10.4. The van der Waals surface area contributed by atoms with Crippen LogP contribution in [0.25, 0.3) is 5.57 Å². The van der Waals surface area contributed by atoms with Crippen LogP contribution in [0, 0.1) is 13.8 Å². The average molecular weight is 298 g/mol. The van der Waals surface area contributed by atoms with E-state index in [2.05, 4.69) is 5.32 Å². The molecule has 0 saturated heterocycles. The molecule has 3 rings (SSSR count). The topological polar surface area (TPSA) is 92.3 Å². The summed E-state index contributed by atoms with van der Waals surface area (Å²) in [5.41, 5.74) is 3.34. The Hall–Kier alpha value is -3.02. The van der Waals surface area contributed by atoms with Crippen molar-refractivity contribution in [2.45, 2.75) is 13.8 Å². The molecule has 0 fully saturated rings. The molecule has 0 aliphatic carbocycles. The quantitative estimate of drug-likeness (QED) is 0.740. The van der Waals surface area contributed by atoms with Gasteiger partial charge in [-0.1, -0.05) is 18.2 Å². The molecule has 1 aromatic rings. The Kier molecular flexibility index (Phi) is 4.31. The molecule has 0 saturated carbocycles. The van der Waals surface area contributed by atoms with Crippen LogP contribution in [-0.2, 0) is 19.2 Å². The minimum absolute atomic E-state index is 0.308. The molecular weight excluding hydrogens is 284 g/mol. The van der Waals surface area contributed by atoms with Gasteiger partial charge in [-0.25, -0.2) is 0 Å². The number of carbonyl (C=O) groups excluding carboxylic acids is 4. The van der Waals surface area contributed by atoms with Gasteiger partial charge in [0.25, 0.3) is 23.6 Å². The molecule has 1 aromatic carbocycles. The zero-order valence-electron chi connectivity index (χ0n) is 12.1. The van der Waals surface area contributed by atoms with E-state index in [1.165, 1.54) is 18.2 Å². The van der Waals surface area contributed by atoms with Crippen LogP contribution in [-0.4, -0.2) is 23.6 Å². The third kappa shape index (κ3) is 3.35. The molecule has 0 unspecified atom stereocenters. The summed E-state index contributed by atoms with van der Waals surface area (Å²) in [5, 5.41) is 4.28. The van der Waals surface area contributed by atoms with Gasteiger partial charge in [0.05, 0.1) is 5.57 Å². The van der Waals surface area contributed by atoms with Crippen molar-refractivity contribution in [3.8, 4) is 0 Å². The van der Waals surface area contributed by atoms with Crippen molar-refractivity contribution in [2.24, 2.45) is 0 Å². The minimum Gasteiger partial charge on any atom is -0.289 e. The smallest absolute Gasteiger partial charge is 0.258 e. The lowest BCUT2D eigenvalue weighted by Gasteiger charge is -2.08. The van der Waals surface area contributed by atoms with Crippen LogP contribution in [0.1, 0.15) is 16.7 Å². The lowest BCUT2D eigenvalue weighted by molar-refractivity contribution is -0.125. The largest absolute Gasteiger partial charge is 0.289 e. The van der Waals surface area contributed by atoms with Gasteiger partial charge < -0.3 is 0 Å². The highest BCUT2D eigenvalue weighted by Crippen LogP contribution is 2.24. The van der Waals surface area contributed by atoms with Crippen LogP contribution < -0.4 is 10.6 Å². The van der Waals surface area contributed by atoms with Gasteiger partial charge in [0.2, 0.25) is 0 Å². The zero-order chi connectivity index (χ0) is 16.3. The average Bonchev–Trinajstić information content (AvgIpc) is 2.96. The Bertz CT molecular complexity index is 708. The van der Waals surface area contributed by atoms with E-state index in [1.54, 1.807) is 0 Å². The molecule has 0 atom stereocenters. The van der Waals surface area contributed by atoms with Crippen molar-refractivity contribution in [3.05, 3.63) is 53.1 Å². The molecule has 2 N–H and O–H groups in total. The fourth-order valence-electron chi connectivity index (χ4n) is 2.19. The van der Waals surface area contributed by atoms with Crippen LogP contribution >= 0.6 is 0 Å². The summed E-state index contributed by atoms with van der Waals surface area (Å²) in [6.07, 6.45) is 3.75. The first kappa shape index (κ1) is 15.4. The van der Waals surface area contributed by atoms with E-state index in [4.69, 9.17) is 0 Å². The van der Waals surface area contributed by atoms with Crippen molar-refractivity contribution in [1.82, 2.24) is 10.6 Å². The van der Waals surface area contributed by atoms with Gasteiger partial charge in [0, 0.05) is 18.2 Å². The molecule has 2 aliphatic heterocycles. The van der Waals surface area contributed by atoms with E-state index in [-0.39, 0.29) is 23.6 Å². The normalized spacial score (nSPS) is 16.0. The first-order valence-electron chi connectivity index (χ1n) is 6.55. The molecular formula is C16H14N2O4. The molecule has 2 heterocycles. The lowest BCUT2D eigenvalue weighted by Crippen LogP contribution is -2.22. The number of nitrogens with one attached hydrogen (secondary N) is 2. The first-order valence-corrected chi connectivity index (χ1v) is 6.55. The molecule has 112 valence electrons. The van der Waals surface area contributed by atoms with E-state index in [0.717, 1.165) is 16.7 Å². The summed E-state index contributed by atoms with van der Waals surface area (Å²) in [6.45, 7) is 3.86. The molecule has 6 nitrogen and oxygen atoms in total. The fourth-order valence-corrected chi connectivity index (χ4v) is 2.19. The predicted molar refractivity (Wildman–Crippen MR) is 79.3 cm³/mol. The Labute approximate surface area is 126 Å². The predicted octanol–water partition coefficient (Wildman–Crippen LogP) is 0.542. The zero-order valence-corrected chi connectivity index (χ0v) is 12.1. The van der Waals surface area contributed by atoms with Crippen LogP contribution in [0.4, 0.5) is 0 Å². The molecule has 0 radical (unpaired) electrons. The highest BCUT2D eigenvalue weighted by molar-refractivity contribution is 6.33. The third-order valence-corrected chi connectivity index (χ3v) is 3.14. The Morgan fingerprint density at radius 3 is 1.68 bits per heavy atom. The van der Waals surface area contributed by atoms with Gasteiger partial charge in [-0.3, -0.25) is 29.8 Å². The van der Waals surface area contributed by atoms with Gasteiger partial charge in [-0.15, -0.1) is 0 Å². The molecule has 0 bridgehead atoms. The van der Waals surface area contributed by atoms with Crippen LogP contribution in [0.2, 0.25) is 0 Å². The summed E-state index contributed by atoms with van der Waals surface area (Å²) >= 11 is 0. The van der Waals surface area contributed by atoms with Crippen molar-refractivity contribution >= 4 is 29.2 Å². The number of imide groups is 2. The van der Waals surface area contributed by atoms with Gasteiger partial charge in [0.1, 0.15) is 0 Å². The Balaban J connectivity index is 0.000000211. The van der Waals surface area contributed by atoms with E-state index in [9.17, 15) is 19.2 Å². The Morgan fingerprint density at radius 1 is 0.773 bits per heavy atom. The maximum atomic E-state index is 11.5. The maximum absolute atomic E-state index is 11.5. The Morgan fingerprint density at radius 2 is 1.32 bits per heavy atom. The number of rotatable bonds is 1. The summed E-state index contributed by atoms with van der Waals surface area (Å²) < 4.78 is 0. The van der Waals surface area contributed by atoms with E-state index in [0.29, 0.717) is 5.57 Å². The van der Waals surface area contributed by atoms with Crippen LogP contribution in [0.3, 0.4) is 0 Å². The number of carbonyl (C=O) groups is 4. The van der Waals surface area contributed by atoms with Gasteiger partial charge >= 0.3 is 0 Å². The van der Waals surface area contributed by atoms with Crippen molar-refractivity contribution in [1.29, 1.82) is 0 Å². The van der Waals surface area contributed by atoms with Gasteiger partial charge in [-0.2, -0.15) is 0 Å². The van der Waals surface area contributed by atoms with Crippen LogP contribution in [0.15, 0.2) is 36.4 Å². The van der Waals surface area contributed by atoms with E-state index < -0.39 is 0 Å². The number of hydrogen-bond donors (Lipinski definition) is 2. The highest BCUT2D eigenvalue weighted by atomic mass is 16.2. The van der Waals surface area contributed by atoms with E-state index >= 15 is 0 Å². The number of aryl methyl sites for hydroxylation is 2. The monoisotopic (exact) mass is 298 g/mol. The molecule has 4 amide bonds. The minimum atomic E-state index is -0.336. The van der Waals surface area contributed by atoms with Gasteiger partial charge in [-0.05, 0) is 30.5 Å². The highest BCUT2D eigenvalue weighted by Gasteiger charge is 2.24. The second-order valence-corrected chi connectivity index (χ2v) is 4.83. The second-order valence-electron chi connectivity index (χ2n) is 4.83. The number of benzene rings is 1. The van der Waals surface area contributed by atoms with Crippen molar-refractivity contribution in [3.63, 3.8) is 0 Å². The third-order valence-electron chi connectivity index (χ3n) is 3.14.